The number of benzene rings is 2. The van der Waals surface area contributed by atoms with Crippen LogP contribution in [0.5, 0.6) is 0 Å². The standard InChI is InChI=1S/C24H27FN2O.C4H4O4/c1-27(2)23(17-6-4-3-5-7-17)11-13-24(14-12-23)22-19(10-15-28-24)20-16-18(25)8-9-21(20)26-22;5-3(6)1-2-4(7)8/h3-9,16,26H,10-15H2,1-2H3;1-2H,(H,5,6)(H,7,8)/b;2-1-. The van der Waals surface area contributed by atoms with Crippen LogP contribution in [0.4, 0.5) is 4.39 Å². The molecule has 1 aromatic heterocycles. The van der Waals surface area contributed by atoms with E-state index in [1.54, 1.807) is 6.07 Å². The van der Waals surface area contributed by atoms with Crippen LogP contribution < -0.4 is 0 Å². The molecule has 0 unspecified atom stereocenters. The van der Waals surface area contributed by atoms with Gasteiger partial charge in [0.1, 0.15) is 11.4 Å². The summed E-state index contributed by atoms with van der Waals surface area (Å²) in [6.45, 7) is 0.705. The van der Waals surface area contributed by atoms with E-state index in [2.05, 4.69) is 54.3 Å². The van der Waals surface area contributed by atoms with Crippen LogP contribution in [0.15, 0.2) is 60.7 Å². The molecule has 1 fully saturated rings. The molecule has 3 aromatic rings. The van der Waals surface area contributed by atoms with Crippen molar-refractivity contribution in [2.24, 2.45) is 0 Å². The summed E-state index contributed by atoms with van der Waals surface area (Å²) in [6.07, 6.45) is 5.95. The van der Waals surface area contributed by atoms with E-state index in [1.165, 1.54) is 22.9 Å². The van der Waals surface area contributed by atoms with Crippen LogP contribution in [0.2, 0.25) is 0 Å². The number of aliphatic carboxylic acids is 2. The highest BCUT2D eigenvalue weighted by molar-refractivity contribution is 5.89. The number of ether oxygens (including phenoxy) is 1. The molecular formula is C28H31FN2O5. The van der Waals surface area contributed by atoms with Gasteiger partial charge in [-0.2, -0.15) is 0 Å². The summed E-state index contributed by atoms with van der Waals surface area (Å²) in [7, 11) is 4.37. The number of rotatable bonds is 4. The minimum absolute atomic E-state index is 0.0333. The molecule has 8 heteroatoms. The summed E-state index contributed by atoms with van der Waals surface area (Å²) in [5, 5.41) is 16.6. The molecule has 2 heterocycles. The maximum atomic E-state index is 13.8. The quantitative estimate of drug-likeness (QED) is 0.450. The van der Waals surface area contributed by atoms with Crippen molar-refractivity contribution < 1.29 is 28.9 Å². The minimum Gasteiger partial charge on any atom is -0.478 e. The monoisotopic (exact) mass is 494 g/mol. The van der Waals surface area contributed by atoms with Crippen LogP contribution in [0.1, 0.15) is 42.5 Å². The number of aromatic nitrogens is 1. The zero-order chi connectivity index (χ0) is 25.9. The zero-order valence-electron chi connectivity index (χ0n) is 20.5. The van der Waals surface area contributed by atoms with Crippen LogP contribution >= 0.6 is 0 Å². The van der Waals surface area contributed by atoms with Crippen molar-refractivity contribution in [2.75, 3.05) is 20.7 Å². The number of nitrogens with one attached hydrogen (secondary N) is 1. The molecule has 0 saturated heterocycles. The summed E-state index contributed by atoms with van der Waals surface area (Å²) >= 11 is 0. The van der Waals surface area contributed by atoms with Gasteiger partial charge >= 0.3 is 11.9 Å². The first kappa shape index (κ1) is 25.6. The average Bonchev–Trinajstić information content (AvgIpc) is 3.24. The average molecular weight is 495 g/mol. The highest BCUT2D eigenvalue weighted by atomic mass is 19.1. The summed E-state index contributed by atoms with van der Waals surface area (Å²) < 4.78 is 20.3. The van der Waals surface area contributed by atoms with E-state index < -0.39 is 11.9 Å². The predicted octanol–water partition coefficient (Wildman–Crippen LogP) is 4.82. The SMILES string of the molecule is CN(C)C1(c2ccccc2)CCC2(CC1)OCCc1c2[nH]c2ccc(F)cc12.O=C(O)/C=C\C(=O)O. The van der Waals surface area contributed by atoms with E-state index in [0.717, 1.165) is 43.0 Å². The number of carboxylic acid groups (broad SMARTS) is 2. The maximum absolute atomic E-state index is 13.8. The smallest absolute Gasteiger partial charge is 0.328 e. The van der Waals surface area contributed by atoms with Crippen LogP contribution in [-0.4, -0.2) is 52.7 Å². The molecule has 0 bridgehead atoms. The topological polar surface area (TPSA) is 103 Å². The molecule has 0 radical (unpaired) electrons. The Morgan fingerprint density at radius 2 is 1.64 bits per heavy atom. The predicted molar refractivity (Wildman–Crippen MR) is 134 cm³/mol. The molecule has 1 aliphatic heterocycles. The second-order valence-electron chi connectivity index (χ2n) is 9.56. The Morgan fingerprint density at radius 3 is 2.22 bits per heavy atom. The van der Waals surface area contributed by atoms with Gasteiger partial charge in [0, 0.05) is 28.6 Å². The zero-order valence-corrected chi connectivity index (χ0v) is 20.5. The van der Waals surface area contributed by atoms with E-state index in [-0.39, 0.29) is 17.0 Å². The highest BCUT2D eigenvalue weighted by Gasteiger charge is 2.49. The lowest BCUT2D eigenvalue weighted by Crippen LogP contribution is -2.50. The number of halogens is 1. The van der Waals surface area contributed by atoms with E-state index in [1.807, 2.05) is 6.07 Å². The second-order valence-corrected chi connectivity index (χ2v) is 9.56. The normalized spacial score (nSPS) is 23.4. The number of hydrogen-bond acceptors (Lipinski definition) is 4. The Kier molecular flexibility index (Phi) is 7.28. The lowest BCUT2D eigenvalue weighted by Gasteiger charge is -2.50. The molecule has 1 spiro atoms. The summed E-state index contributed by atoms with van der Waals surface area (Å²) in [5.74, 6) is -2.69. The number of carbonyl (C=O) groups is 2. The minimum atomic E-state index is -1.26. The van der Waals surface area contributed by atoms with Gasteiger partial charge in [0.05, 0.1) is 12.3 Å². The van der Waals surface area contributed by atoms with Crippen molar-refractivity contribution in [3.63, 3.8) is 0 Å². The van der Waals surface area contributed by atoms with Crippen LogP contribution in [-0.2, 0) is 31.9 Å². The lowest BCUT2D eigenvalue weighted by molar-refractivity contribution is -0.134. The molecule has 5 rings (SSSR count). The van der Waals surface area contributed by atoms with Crippen molar-refractivity contribution in [1.82, 2.24) is 9.88 Å². The molecule has 36 heavy (non-hydrogen) atoms. The largest absolute Gasteiger partial charge is 0.478 e. The van der Waals surface area contributed by atoms with Crippen molar-refractivity contribution in [1.29, 1.82) is 0 Å². The number of carboxylic acids is 2. The van der Waals surface area contributed by atoms with E-state index in [0.29, 0.717) is 18.8 Å². The fourth-order valence-corrected chi connectivity index (χ4v) is 5.64. The van der Waals surface area contributed by atoms with Crippen LogP contribution in [0.3, 0.4) is 0 Å². The third-order valence-electron chi connectivity index (χ3n) is 7.47. The molecule has 3 N–H and O–H groups in total. The number of hydrogen-bond donors (Lipinski definition) is 3. The van der Waals surface area contributed by atoms with E-state index in [4.69, 9.17) is 14.9 Å². The van der Waals surface area contributed by atoms with Gasteiger partial charge in [0.25, 0.3) is 0 Å². The third kappa shape index (κ3) is 4.92. The Balaban J connectivity index is 0.000000331. The molecule has 0 atom stereocenters. The van der Waals surface area contributed by atoms with Crippen LogP contribution in [0.25, 0.3) is 10.9 Å². The van der Waals surface area contributed by atoms with Gasteiger partial charge in [0.15, 0.2) is 0 Å². The maximum Gasteiger partial charge on any atom is 0.328 e. The van der Waals surface area contributed by atoms with E-state index in [9.17, 15) is 14.0 Å². The second kappa shape index (κ2) is 10.2. The van der Waals surface area contributed by atoms with Gasteiger partial charge < -0.3 is 19.9 Å². The summed E-state index contributed by atoms with van der Waals surface area (Å²) in [6, 6.07) is 15.9. The molecule has 7 nitrogen and oxygen atoms in total. The van der Waals surface area contributed by atoms with Crippen LogP contribution in [0, 0.1) is 5.82 Å². The lowest BCUT2D eigenvalue weighted by atomic mass is 9.68. The molecular weight excluding hydrogens is 463 g/mol. The van der Waals surface area contributed by atoms with Gasteiger partial charge in [-0.1, -0.05) is 30.3 Å². The fraction of sp³-hybridized carbons (Fsp3) is 0.357. The van der Waals surface area contributed by atoms with E-state index >= 15 is 0 Å². The van der Waals surface area contributed by atoms with Crippen molar-refractivity contribution in [3.05, 3.63) is 83.3 Å². The molecule has 2 aliphatic rings. The summed E-state index contributed by atoms with van der Waals surface area (Å²) in [5.41, 5.74) is 4.58. The van der Waals surface area contributed by atoms with Gasteiger partial charge in [-0.3, -0.25) is 4.90 Å². The molecule has 2 aromatic carbocycles. The Hall–Kier alpha value is -3.49. The molecule has 1 aliphatic carbocycles. The number of fused-ring (bicyclic) bond motifs is 4. The van der Waals surface area contributed by atoms with Gasteiger partial charge in [-0.15, -0.1) is 0 Å². The first-order valence-corrected chi connectivity index (χ1v) is 12.0. The van der Waals surface area contributed by atoms with Crippen molar-refractivity contribution in [3.8, 4) is 0 Å². The van der Waals surface area contributed by atoms with Gasteiger partial charge in [0.2, 0.25) is 0 Å². The number of aromatic amines is 1. The number of H-pyrrole nitrogens is 1. The van der Waals surface area contributed by atoms with Crippen molar-refractivity contribution >= 4 is 22.8 Å². The highest BCUT2D eigenvalue weighted by Crippen LogP contribution is 2.52. The Morgan fingerprint density at radius 1 is 1.00 bits per heavy atom. The first-order valence-electron chi connectivity index (χ1n) is 12.0. The van der Waals surface area contributed by atoms with Gasteiger partial charge in [-0.05, 0) is 75.5 Å². The fourth-order valence-electron chi connectivity index (χ4n) is 5.64. The Bertz CT molecular complexity index is 1260. The molecule has 0 amide bonds. The molecule has 1 saturated carbocycles. The molecule has 190 valence electrons. The third-order valence-corrected chi connectivity index (χ3v) is 7.47. The van der Waals surface area contributed by atoms with Gasteiger partial charge in [-0.25, -0.2) is 14.0 Å². The first-order chi connectivity index (χ1) is 17.2. The Labute approximate surface area is 209 Å². The summed E-state index contributed by atoms with van der Waals surface area (Å²) in [4.78, 5) is 25.1. The van der Waals surface area contributed by atoms with Crippen molar-refractivity contribution in [2.45, 2.75) is 43.2 Å². The number of nitrogens with zero attached hydrogens (tertiary/aromatic N) is 1.